The van der Waals surface area contributed by atoms with Gasteiger partial charge in [-0.15, -0.1) is 22.0 Å². The topological polar surface area (TPSA) is 42.7 Å². The van der Waals surface area contributed by atoms with Crippen LogP contribution in [0.5, 0.6) is 0 Å². The fraction of sp³-hybridized carbons (Fsp3) is 0.385. The van der Waals surface area contributed by atoms with Gasteiger partial charge in [0.05, 0.1) is 0 Å². The molecule has 3 rings (SSSR count). The van der Waals surface area contributed by atoms with Crippen LogP contribution in [0.1, 0.15) is 17.4 Å². The van der Waals surface area contributed by atoms with E-state index in [1.165, 1.54) is 10.5 Å². The van der Waals surface area contributed by atoms with Crippen LogP contribution in [-0.4, -0.2) is 27.1 Å². The number of aromatic nitrogens is 3. The Kier molecular flexibility index (Phi) is 3.34. The lowest BCUT2D eigenvalue weighted by molar-refractivity contribution is 0.572. The van der Waals surface area contributed by atoms with E-state index in [1.807, 2.05) is 23.4 Å². The number of nitrogens with zero attached hydrogens (tertiary/aromatic N) is 3. The predicted octanol–water partition coefficient (Wildman–Crippen LogP) is 1.79. The van der Waals surface area contributed by atoms with Gasteiger partial charge in [0.15, 0.2) is 0 Å². The summed E-state index contributed by atoms with van der Waals surface area (Å²) < 4.78 is 1.97. The monoisotopic (exact) mass is 260 g/mol. The van der Waals surface area contributed by atoms with Gasteiger partial charge in [-0.2, -0.15) is 0 Å². The van der Waals surface area contributed by atoms with Crippen LogP contribution in [-0.2, 0) is 13.5 Å². The Bertz CT molecular complexity index is 537. The minimum atomic E-state index is 0.472. The van der Waals surface area contributed by atoms with E-state index in [9.17, 15) is 0 Å². The normalized spacial score (nSPS) is 17.9. The molecule has 1 aromatic carbocycles. The molecule has 0 radical (unpaired) electrons. The molecule has 0 saturated carbocycles. The molecule has 0 amide bonds. The molecule has 0 spiro atoms. The molecule has 0 aliphatic carbocycles. The van der Waals surface area contributed by atoms with Gasteiger partial charge in [0.1, 0.15) is 12.2 Å². The average molecular weight is 260 g/mol. The lowest BCUT2D eigenvalue weighted by atomic mass is 10.1. The summed E-state index contributed by atoms with van der Waals surface area (Å²) in [7, 11) is 1.98. The highest BCUT2D eigenvalue weighted by Crippen LogP contribution is 2.37. The molecule has 18 heavy (non-hydrogen) atoms. The van der Waals surface area contributed by atoms with Gasteiger partial charge in [0.2, 0.25) is 0 Å². The van der Waals surface area contributed by atoms with Crippen molar-refractivity contribution >= 4 is 11.8 Å². The van der Waals surface area contributed by atoms with Gasteiger partial charge in [-0.1, -0.05) is 18.2 Å². The summed E-state index contributed by atoms with van der Waals surface area (Å²) in [5.74, 6) is 2.15. The molecule has 1 aromatic heterocycles. The Hall–Kier alpha value is -1.33. The summed E-state index contributed by atoms with van der Waals surface area (Å²) in [5, 5.41) is 11.6. The first-order valence-corrected chi connectivity index (χ1v) is 7.11. The smallest absolute Gasteiger partial charge is 0.133 e. The second-order valence-corrected chi connectivity index (χ2v) is 5.53. The molecule has 5 heteroatoms. The standard InChI is InChI=1S/C13H16N4S/c1-17-9-15-16-13(17)6-7-14-11-8-18-12-5-3-2-4-10(11)12/h2-5,9,11,14H,6-8H2,1H3. The highest BCUT2D eigenvalue weighted by Gasteiger charge is 2.21. The number of hydrogen-bond acceptors (Lipinski definition) is 4. The Labute approximate surface area is 111 Å². The highest BCUT2D eigenvalue weighted by molar-refractivity contribution is 7.99. The van der Waals surface area contributed by atoms with Crippen LogP contribution in [0.3, 0.4) is 0 Å². The lowest BCUT2D eigenvalue weighted by Crippen LogP contribution is -2.24. The zero-order valence-electron chi connectivity index (χ0n) is 10.3. The van der Waals surface area contributed by atoms with Crippen molar-refractivity contribution in [2.45, 2.75) is 17.4 Å². The summed E-state index contributed by atoms with van der Waals surface area (Å²) >= 11 is 1.93. The van der Waals surface area contributed by atoms with Crippen molar-refractivity contribution in [3.8, 4) is 0 Å². The van der Waals surface area contributed by atoms with Crippen molar-refractivity contribution in [3.05, 3.63) is 42.0 Å². The molecular weight excluding hydrogens is 244 g/mol. The molecule has 0 bridgehead atoms. The van der Waals surface area contributed by atoms with Crippen LogP contribution in [0.25, 0.3) is 0 Å². The molecule has 1 N–H and O–H groups in total. The maximum absolute atomic E-state index is 4.09. The maximum Gasteiger partial charge on any atom is 0.133 e. The van der Waals surface area contributed by atoms with E-state index in [2.05, 4.69) is 39.8 Å². The van der Waals surface area contributed by atoms with E-state index in [0.29, 0.717) is 6.04 Å². The largest absolute Gasteiger partial charge is 0.321 e. The van der Waals surface area contributed by atoms with Crippen LogP contribution in [0.4, 0.5) is 0 Å². The number of fused-ring (bicyclic) bond motifs is 1. The third-order valence-electron chi connectivity index (χ3n) is 3.24. The fourth-order valence-electron chi connectivity index (χ4n) is 2.22. The van der Waals surface area contributed by atoms with Crippen molar-refractivity contribution in [1.29, 1.82) is 0 Å². The van der Waals surface area contributed by atoms with Crippen molar-refractivity contribution in [2.75, 3.05) is 12.3 Å². The van der Waals surface area contributed by atoms with Crippen molar-refractivity contribution < 1.29 is 0 Å². The minimum absolute atomic E-state index is 0.472. The number of nitrogens with one attached hydrogen (secondary N) is 1. The van der Waals surface area contributed by atoms with E-state index in [0.717, 1.165) is 24.5 Å². The SMILES string of the molecule is Cn1cnnc1CCNC1CSc2ccccc21. The van der Waals surface area contributed by atoms with Crippen LogP contribution in [0.2, 0.25) is 0 Å². The van der Waals surface area contributed by atoms with Gasteiger partial charge in [-0.3, -0.25) is 0 Å². The molecule has 1 aliphatic heterocycles. The molecule has 0 saturated heterocycles. The van der Waals surface area contributed by atoms with Gasteiger partial charge in [-0.25, -0.2) is 0 Å². The van der Waals surface area contributed by atoms with Crippen LogP contribution < -0.4 is 5.32 Å². The second-order valence-electron chi connectivity index (χ2n) is 4.46. The molecule has 2 aromatic rings. The highest BCUT2D eigenvalue weighted by atomic mass is 32.2. The van der Waals surface area contributed by atoms with Gasteiger partial charge in [0, 0.05) is 36.7 Å². The van der Waals surface area contributed by atoms with Gasteiger partial charge >= 0.3 is 0 Å². The van der Waals surface area contributed by atoms with E-state index < -0.39 is 0 Å². The summed E-state index contributed by atoms with van der Waals surface area (Å²) in [4.78, 5) is 1.41. The fourth-order valence-corrected chi connectivity index (χ4v) is 3.42. The Balaban J connectivity index is 1.58. The number of thioether (sulfide) groups is 1. The third kappa shape index (κ3) is 2.28. The first-order chi connectivity index (χ1) is 8.84. The number of rotatable bonds is 4. The number of aryl methyl sites for hydroxylation is 1. The minimum Gasteiger partial charge on any atom is -0.321 e. The van der Waals surface area contributed by atoms with E-state index in [4.69, 9.17) is 0 Å². The quantitative estimate of drug-likeness (QED) is 0.910. The van der Waals surface area contributed by atoms with Gasteiger partial charge < -0.3 is 9.88 Å². The molecule has 1 atom stereocenters. The van der Waals surface area contributed by atoms with E-state index >= 15 is 0 Å². The Morgan fingerprint density at radius 1 is 1.44 bits per heavy atom. The Morgan fingerprint density at radius 3 is 3.17 bits per heavy atom. The third-order valence-corrected chi connectivity index (χ3v) is 4.43. The molecule has 1 aliphatic rings. The average Bonchev–Trinajstić information content (AvgIpc) is 2.97. The zero-order valence-corrected chi connectivity index (χ0v) is 11.2. The first-order valence-electron chi connectivity index (χ1n) is 6.12. The van der Waals surface area contributed by atoms with Crippen molar-refractivity contribution in [2.24, 2.45) is 7.05 Å². The number of benzene rings is 1. The van der Waals surface area contributed by atoms with Gasteiger partial charge in [-0.05, 0) is 11.6 Å². The van der Waals surface area contributed by atoms with Gasteiger partial charge in [0.25, 0.3) is 0 Å². The number of hydrogen-bond donors (Lipinski definition) is 1. The van der Waals surface area contributed by atoms with Crippen LogP contribution >= 0.6 is 11.8 Å². The summed E-state index contributed by atoms with van der Waals surface area (Å²) in [6.45, 7) is 0.937. The first kappa shape index (κ1) is 11.7. The molecule has 2 heterocycles. The van der Waals surface area contributed by atoms with Crippen molar-refractivity contribution in [3.63, 3.8) is 0 Å². The van der Waals surface area contributed by atoms with Crippen molar-refractivity contribution in [1.82, 2.24) is 20.1 Å². The molecule has 0 fully saturated rings. The zero-order chi connectivity index (χ0) is 12.4. The van der Waals surface area contributed by atoms with Crippen LogP contribution in [0, 0.1) is 0 Å². The molecular formula is C13H16N4S. The predicted molar refractivity (Wildman–Crippen MR) is 72.6 cm³/mol. The van der Waals surface area contributed by atoms with Crippen LogP contribution in [0.15, 0.2) is 35.5 Å². The maximum atomic E-state index is 4.09. The van der Waals surface area contributed by atoms with E-state index in [-0.39, 0.29) is 0 Å². The van der Waals surface area contributed by atoms with E-state index in [1.54, 1.807) is 6.33 Å². The second kappa shape index (κ2) is 5.12. The summed E-state index contributed by atoms with van der Waals surface area (Å²) in [6.07, 6.45) is 2.66. The summed E-state index contributed by atoms with van der Waals surface area (Å²) in [5.41, 5.74) is 1.43. The Morgan fingerprint density at radius 2 is 2.33 bits per heavy atom. The molecule has 4 nitrogen and oxygen atoms in total. The molecule has 1 unspecified atom stereocenters. The lowest BCUT2D eigenvalue weighted by Gasteiger charge is -2.12. The summed E-state index contributed by atoms with van der Waals surface area (Å²) in [6, 6.07) is 9.11. The molecule has 94 valence electrons.